The standard InChI is InChI=1S/C24H38O4/c1-5-10-20(6-2)17-21(7-3)19(4)22-11-12-23(27-15-8-13-25)24(18-22)28-16-9-14-26/h11-12,17-18,25-26H,5-10,13-16H2,1-4H3/b20-17+,21-19+. The van der Waals surface area contributed by atoms with Gasteiger partial charge >= 0.3 is 0 Å². The molecule has 0 bridgehead atoms. The molecule has 4 heteroatoms. The summed E-state index contributed by atoms with van der Waals surface area (Å²) in [6.45, 7) is 9.88. The van der Waals surface area contributed by atoms with Crippen molar-refractivity contribution in [3.05, 3.63) is 41.0 Å². The van der Waals surface area contributed by atoms with Crippen molar-refractivity contribution < 1.29 is 19.7 Å². The van der Waals surface area contributed by atoms with Crippen molar-refractivity contribution in [1.29, 1.82) is 0 Å². The first kappa shape index (κ1) is 24.3. The molecule has 0 spiro atoms. The van der Waals surface area contributed by atoms with E-state index in [1.165, 1.54) is 23.1 Å². The Morgan fingerprint density at radius 3 is 2.11 bits per heavy atom. The Labute approximate surface area is 170 Å². The topological polar surface area (TPSA) is 58.9 Å². The molecule has 1 aromatic carbocycles. The Bertz CT molecular complexity index is 631. The second-order valence-electron chi connectivity index (χ2n) is 6.92. The summed E-state index contributed by atoms with van der Waals surface area (Å²) in [4.78, 5) is 0. The summed E-state index contributed by atoms with van der Waals surface area (Å²) in [5.74, 6) is 1.36. The molecule has 28 heavy (non-hydrogen) atoms. The highest BCUT2D eigenvalue weighted by Gasteiger charge is 2.10. The molecule has 1 rings (SSSR count). The van der Waals surface area contributed by atoms with Crippen LogP contribution in [0.4, 0.5) is 0 Å². The molecule has 0 aromatic heterocycles. The minimum Gasteiger partial charge on any atom is -0.490 e. The van der Waals surface area contributed by atoms with Crippen LogP contribution in [0.5, 0.6) is 11.5 Å². The van der Waals surface area contributed by atoms with Crippen molar-refractivity contribution >= 4 is 5.57 Å². The van der Waals surface area contributed by atoms with Crippen LogP contribution in [0.1, 0.15) is 71.8 Å². The fourth-order valence-electron chi connectivity index (χ4n) is 3.05. The van der Waals surface area contributed by atoms with Crippen LogP contribution >= 0.6 is 0 Å². The second-order valence-corrected chi connectivity index (χ2v) is 6.92. The average molecular weight is 391 g/mol. The smallest absolute Gasteiger partial charge is 0.161 e. The van der Waals surface area contributed by atoms with Gasteiger partial charge in [-0.2, -0.15) is 0 Å². The highest BCUT2D eigenvalue weighted by atomic mass is 16.5. The molecule has 0 aliphatic rings. The largest absolute Gasteiger partial charge is 0.490 e. The van der Waals surface area contributed by atoms with E-state index in [2.05, 4.69) is 39.8 Å². The lowest BCUT2D eigenvalue weighted by Gasteiger charge is -2.16. The lowest BCUT2D eigenvalue weighted by molar-refractivity contribution is 0.211. The van der Waals surface area contributed by atoms with Gasteiger partial charge in [-0.05, 0) is 55.0 Å². The zero-order chi connectivity index (χ0) is 20.8. The fourth-order valence-corrected chi connectivity index (χ4v) is 3.05. The number of benzene rings is 1. The van der Waals surface area contributed by atoms with Gasteiger partial charge in [0.25, 0.3) is 0 Å². The van der Waals surface area contributed by atoms with Crippen molar-refractivity contribution in [3.63, 3.8) is 0 Å². The summed E-state index contributed by atoms with van der Waals surface area (Å²) in [7, 11) is 0. The van der Waals surface area contributed by atoms with E-state index in [1.54, 1.807) is 0 Å². The first-order valence-corrected chi connectivity index (χ1v) is 10.6. The fraction of sp³-hybridized carbons (Fsp3) is 0.583. The number of rotatable bonds is 14. The minimum absolute atomic E-state index is 0.0985. The third kappa shape index (κ3) is 8.07. The van der Waals surface area contributed by atoms with Crippen LogP contribution in [-0.4, -0.2) is 36.6 Å². The highest BCUT2D eigenvalue weighted by Crippen LogP contribution is 2.33. The number of ether oxygens (including phenoxy) is 2. The highest BCUT2D eigenvalue weighted by molar-refractivity contribution is 5.71. The van der Waals surface area contributed by atoms with Gasteiger partial charge in [-0.25, -0.2) is 0 Å². The van der Waals surface area contributed by atoms with E-state index in [-0.39, 0.29) is 13.2 Å². The molecule has 158 valence electrons. The zero-order valence-corrected chi connectivity index (χ0v) is 18.1. The lowest BCUT2D eigenvalue weighted by atomic mass is 9.95. The van der Waals surface area contributed by atoms with Gasteiger partial charge in [-0.15, -0.1) is 0 Å². The van der Waals surface area contributed by atoms with Crippen LogP contribution in [0.2, 0.25) is 0 Å². The zero-order valence-electron chi connectivity index (χ0n) is 18.1. The van der Waals surface area contributed by atoms with Gasteiger partial charge in [-0.3, -0.25) is 0 Å². The van der Waals surface area contributed by atoms with Gasteiger partial charge in [0.05, 0.1) is 13.2 Å². The van der Waals surface area contributed by atoms with Crippen LogP contribution in [0.3, 0.4) is 0 Å². The Kier molecular flexibility index (Phi) is 12.3. The monoisotopic (exact) mass is 390 g/mol. The van der Waals surface area contributed by atoms with Crippen LogP contribution in [0, 0.1) is 0 Å². The Morgan fingerprint density at radius 1 is 0.929 bits per heavy atom. The Balaban J connectivity index is 3.19. The van der Waals surface area contributed by atoms with Crippen molar-refractivity contribution in [2.24, 2.45) is 0 Å². The third-order valence-electron chi connectivity index (χ3n) is 4.76. The van der Waals surface area contributed by atoms with E-state index in [1.807, 2.05) is 12.1 Å². The average Bonchev–Trinajstić information content (AvgIpc) is 2.71. The molecule has 0 amide bonds. The van der Waals surface area contributed by atoms with E-state index >= 15 is 0 Å². The number of hydrogen-bond donors (Lipinski definition) is 2. The number of allylic oxidation sites excluding steroid dienone is 4. The van der Waals surface area contributed by atoms with Crippen LogP contribution in [0.25, 0.3) is 5.57 Å². The molecule has 4 nitrogen and oxygen atoms in total. The molecule has 0 unspecified atom stereocenters. The Morgan fingerprint density at radius 2 is 1.57 bits per heavy atom. The molecule has 2 N–H and O–H groups in total. The molecule has 0 atom stereocenters. The summed E-state index contributed by atoms with van der Waals surface area (Å²) in [5.41, 5.74) is 5.20. The molecular weight excluding hydrogens is 352 g/mol. The Hall–Kier alpha value is -1.78. The van der Waals surface area contributed by atoms with Gasteiger partial charge in [0.1, 0.15) is 0 Å². The first-order chi connectivity index (χ1) is 13.6. The van der Waals surface area contributed by atoms with Gasteiger partial charge in [0.2, 0.25) is 0 Å². The summed E-state index contributed by atoms with van der Waals surface area (Å²) < 4.78 is 11.6. The summed E-state index contributed by atoms with van der Waals surface area (Å²) in [5, 5.41) is 18.0. The van der Waals surface area contributed by atoms with Crippen LogP contribution < -0.4 is 9.47 Å². The van der Waals surface area contributed by atoms with Gasteiger partial charge in [0.15, 0.2) is 11.5 Å². The quantitative estimate of drug-likeness (QED) is 0.324. The van der Waals surface area contributed by atoms with Crippen LogP contribution in [0.15, 0.2) is 35.4 Å². The van der Waals surface area contributed by atoms with Crippen molar-refractivity contribution in [2.75, 3.05) is 26.4 Å². The normalized spacial score (nSPS) is 12.7. The van der Waals surface area contributed by atoms with E-state index in [9.17, 15) is 0 Å². The van der Waals surface area contributed by atoms with Gasteiger partial charge < -0.3 is 19.7 Å². The molecule has 0 fully saturated rings. The summed E-state index contributed by atoms with van der Waals surface area (Å²) in [6.07, 6.45) is 7.88. The summed E-state index contributed by atoms with van der Waals surface area (Å²) >= 11 is 0. The molecule has 0 saturated carbocycles. The number of hydrogen-bond acceptors (Lipinski definition) is 4. The van der Waals surface area contributed by atoms with E-state index in [0.29, 0.717) is 37.6 Å². The number of aliphatic hydroxyl groups is 2. The van der Waals surface area contributed by atoms with Gasteiger partial charge in [0, 0.05) is 26.1 Å². The minimum atomic E-state index is 0.0985. The SMILES string of the molecule is CCC/C(=C/C(CC)=C(\C)c1ccc(OCCCO)c(OCCCO)c1)CC. The van der Waals surface area contributed by atoms with E-state index < -0.39 is 0 Å². The molecule has 0 radical (unpaired) electrons. The number of aliphatic hydroxyl groups excluding tert-OH is 2. The van der Waals surface area contributed by atoms with E-state index in [4.69, 9.17) is 19.7 Å². The molecule has 1 aromatic rings. The maximum absolute atomic E-state index is 9.03. The second kappa shape index (κ2) is 14.3. The van der Waals surface area contributed by atoms with Gasteiger partial charge in [-0.1, -0.05) is 44.9 Å². The van der Waals surface area contributed by atoms with Crippen molar-refractivity contribution in [1.82, 2.24) is 0 Å². The molecule has 0 aliphatic heterocycles. The first-order valence-electron chi connectivity index (χ1n) is 10.6. The summed E-state index contributed by atoms with van der Waals surface area (Å²) in [6, 6.07) is 6.03. The van der Waals surface area contributed by atoms with Crippen molar-refractivity contribution in [2.45, 2.75) is 66.2 Å². The maximum atomic E-state index is 9.03. The van der Waals surface area contributed by atoms with Crippen LogP contribution in [-0.2, 0) is 0 Å². The molecule has 0 aliphatic carbocycles. The molecular formula is C24H38O4. The molecule has 0 heterocycles. The van der Waals surface area contributed by atoms with Crippen molar-refractivity contribution in [3.8, 4) is 11.5 Å². The predicted molar refractivity (Wildman–Crippen MR) is 117 cm³/mol. The lowest BCUT2D eigenvalue weighted by Crippen LogP contribution is -2.05. The molecule has 0 saturated heterocycles. The third-order valence-corrected chi connectivity index (χ3v) is 4.76. The predicted octanol–water partition coefficient (Wildman–Crippen LogP) is 5.53. The van der Waals surface area contributed by atoms with E-state index in [0.717, 1.165) is 24.8 Å². The maximum Gasteiger partial charge on any atom is 0.161 e.